The van der Waals surface area contributed by atoms with E-state index < -0.39 is 11.9 Å². The molecule has 0 aromatic carbocycles. The molecule has 4 aromatic heterocycles. The lowest BCUT2D eigenvalue weighted by atomic mass is 9.71. The topological polar surface area (TPSA) is 139 Å². The third kappa shape index (κ3) is 5.62. The summed E-state index contributed by atoms with van der Waals surface area (Å²) in [5, 5.41) is 8.03. The number of aromatic nitrogens is 6. The summed E-state index contributed by atoms with van der Waals surface area (Å²) in [5.41, 5.74) is 2.10. The Labute approximate surface area is 296 Å². The highest BCUT2D eigenvalue weighted by molar-refractivity contribution is 9.10. The van der Waals surface area contributed by atoms with E-state index in [2.05, 4.69) is 57.3 Å². The number of nitrogens with zero attached hydrogens (tertiary/aromatic N) is 8. The summed E-state index contributed by atoms with van der Waals surface area (Å²) in [6.07, 6.45) is 13.4. The highest BCUT2D eigenvalue weighted by Crippen LogP contribution is 2.51. The Bertz CT molecular complexity index is 2070. The predicted molar refractivity (Wildman–Crippen MR) is 186 cm³/mol. The monoisotopic (exact) mass is 741 g/mol. The molecule has 12 nitrogen and oxygen atoms in total. The van der Waals surface area contributed by atoms with Gasteiger partial charge in [0.25, 0.3) is 0 Å². The van der Waals surface area contributed by atoms with Crippen LogP contribution < -0.4 is 5.32 Å². The lowest BCUT2D eigenvalue weighted by Gasteiger charge is -2.43. The molecule has 2 saturated heterocycles. The Hall–Kier alpha value is -4.43. The minimum atomic E-state index is -0.810. The molecule has 3 fully saturated rings. The van der Waals surface area contributed by atoms with Crippen molar-refractivity contribution in [2.45, 2.75) is 65.1 Å². The van der Waals surface area contributed by atoms with E-state index in [4.69, 9.17) is 0 Å². The van der Waals surface area contributed by atoms with Gasteiger partial charge in [-0.2, -0.15) is 5.10 Å². The van der Waals surface area contributed by atoms with Gasteiger partial charge in [0.1, 0.15) is 34.5 Å². The van der Waals surface area contributed by atoms with Gasteiger partial charge in [0.05, 0.1) is 23.4 Å². The molecular formula is C36H37BrFN9O3. The number of pyridine rings is 2. The Kier molecular flexibility index (Phi) is 8.13. The first kappa shape index (κ1) is 32.8. The van der Waals surface area contributed by atoms with Crippen LogP contribution in [0.15, 0.2) is 47.5 Å². The molecule has 2 aliphatic carbocycles. The van der Waals surface area contributed by atoms with E-state index in [1.165, 1.54) is 36.9 Å². The van der Waals surface area contributed by atoms with E-state index in [-0.39, 0.29) is 51.7 Å². The number of amides is 2. The van der Waals surface area contributed by atoms with Gasteiger partial charge in [0.2, 0.25) is 11.8 Å². The first-order chi connectivity index (χ1) is 24.0. The molecule has 0 radical (unpaired) electrons. The van der Waals surface area contributed by atoms with Crippen molar-refractivity contribution in [2.75, 3.05) is 25.0 Å². The van der Waals surface area contributed by atoms with Crippen molar-refractivity contribution >= 4 is 50.2 Å². The van der Waals surface area contributed by atoms with Crippen molar-refractivity contribution in [1.29, 1.82) is 0 Å². The van der Waals surface area contributed by atoms with Crippen LogP contribution in [0.25, 0.3) is 22.2 Å². The largest absolute Gasteiger partial charge is 0.322 e. The van der Waals surface area contributed by atoms with Crippen LogP contribution in [0.2, 0.25) is 0 Å². The maximum atomic E-state index is 14.5. The minimum absolute atomic E-state index is 0.00551. The van der Waals surface area contributed by atoms with E-state index in [1.807, 2.05) is 6.08 Å². The number of aryl methyl sites for hydroxylation is 2. The molecule has 50 heavy (non-hydrogen) atoms. The number of nitrogens with one attached hydrogen (secondary N) is 1. The zero-order chi connectivity index (χ0) is 34.9. The summed E-state index contributed by atoms with van der Waals surface area (Å²) in [5.74, 6) is 0.826. The van der Waals surface area contributed by atoms with Crippen LogP contribution in [0.3, 0.4) is 0 Å². The third-order valence-corrected chi connectivity index (χ3v) is 11.6. The van der Waals surface area contributed by atoms with Crippen LogP contribution in [-0.4, -0.2) is 88.8 Å². The van der Waals surface area contributed by atoms with Crippen LogP contribution in [-0.2, 0) is 16.1 Å². The van der Waals surface area contributed by atoms with Gasteiger partial charge in [-0.05, 0) is 78.6 Å². The third-order valence-electron chi connectivity index (χ3n) is 11.0. The van der Waals surface area contributed by atoms with Crippen LogP contribution >= 0.6 is 15.9 Å². The first-order valence-electron chi connectivity index (χ1n) is 17.0. The van der Waals surface area contributed by atoms with Gasteiger partial charge in [0.15, 0.2) is 11.6 Å². The Morgan fingerprint density at radius 2 is 1.80 bits per heavy atom. The number of carbonyl (C=O) groups excluding carboxylic acids is 3. The highest BCUT2D eigenvalue weighted by Gasteiger charge is 2.58. The SMILES string of the molecule is CC(=O)c1nn(CC(=O)N2[C@H](C(=O)Nc3nc(Br)c(F)cc3C)C[C@@]3(CN4C[C@H]5CCC[C@H]5C4)C=C[C@@H]23)c2cnc(-c3cnc(C)nc3)cc12. The van der Waals surface area contributed by atoms with E-state index in [9.17, 15) is 18.8 Å². The maximum absolute atomic E-state index is 14.5. The van der Waals surface area contributed by atoms with Crippen LogP contribution in [0.4, 0.5) is 10.2 Å². The van der Waals surface area contributed by atoms with Crippen LogP contribution in [0.5, 0.6) is 0 Å². The summed E-state index contributed by atoms with van der Waals surface area (Å²) >= 11 is 3.12. The van der Waals surface area contributed by atoms with Crippen molar-refractivity contribution in [3.8, 4) is 11.3 Å². The van der Waals surface area contributed by atoms with E-state index in [0.29, 0.717) is 51.8 Å². The number of fused-ring (bicyclic) bond motifs is 3. The van der Waals surface area contributed by atoms with Crippen molar-refractivity contribution < 1.29 is 18.8 Å². The van der Waals surface area contributed by atoms with Crippen molar-refractivity contribution in [3.05, 3.63) is 70.4 Å². The van der Waals surface area contributed by atoms with Gasteiger partial charge in [-0.3, -0.25) is 24.0 Å². The van der Waals surface area contributed by atoms with Crippen molar-refractivity contribution in [2.24, 2.45) is 17.3 Å². The molecule has 0 unspecified atom stereocenters. The normalized spacial score (nSPS) is 25.5. The van der Waals surface area contributed by atoms with Gasteiger partial charge >= 0.3 is 0 Å². The Morgan fingerprint density at radius 1 is 1.06 bits per heavy atom. The maximum Gasteiger partial charge on any atom is 0.248 e. The number of rotatable bonds is 8. The summed E-state index contributed by atoms with van der Waals surface area (Å²) in [7, 11) is 0. The average Bonchev–Trinajstić information content (AvgIpc) is 3.82. The van der Waals surface area contributed by atoms with Crippen LogP contribution in [0, 0.1) is 36.9 Å². The average molecular weight is 743 g/mol. The molecule has 5 atom stereocenters. The number of ketones is 1. The number of carbonyl (C=O) groups is 3. The number of halogens is 2. The lowest BCUT2D eigenvalue weighted by molar-refractivity contribution is -0.139. The van der Waals surface area contributed by atoms with Gasteiger partial charge < -0.3 is 15.1 Å². The Morgan fingerprint density at radius 3 is 2.48 bits per heavy atom. The quantitative estimate of drug-likeness (QED) is 0.152. The molecule has 0 spiro atoms. The molecule has 2 amide bonds. The highest BCUT2D eigenvalue weighted by atomic mass is 79.9. The summed E-state index contributed by atoms with van der Waals surface area (Å²) in [4.78, 5) is 62.8. The van der Waals surface area contributed by atoms with Gasteiger partial charge in [0, 0.05) is 55.3 Å². The molecule has 4 aromatic rings. The second-order valence-corrected chi connectivity index (χ2v) is 15.0. The molecule has 14 heteroatoms. The van der Waals surface area contributed by atoms with E-state index in [0.717, 1.165) is 19.6 Å². The van der Waals surface area contributed by atoms with Crippen LogP contribution in [0.1, 0.15) is 54.5 Å². The first-order valence-corrected chi connectivity index (χ1v) is 17.8. The van der Waals surface area contributed by atoms with Crippen molar-refractivity contribution in [1.82, 2.24) is 39.5 Å². The fraction of sp³-hybridized carbons (Fsp3) is 0.444. The fourth-order valence-electron chi connectivity index (χ4n) is 8.53. The molecule has 258 valence electrons. The van der Waals surface area contributed by atoms with E-state index in [1.54, 1.807) is 43.4 Å². The standard InChI is InChI=1S/C36H37BrFN9O3/c1-19-9-26(38)33(37)42-34(19)43-35(50)28-11-36(18-45-15-22-5-4-6-23(22)16-45)8-7-30(36)47(28)31(49)17-46-29-14-41-27(24-12-39-21(3)40-13-24)10-25(29)32(44-46)20(2)48/h7-10,12-14,22-23,28,30H,4-6,11,15-18H2,1-3H3,(H,42,43,50)/t22-,23+,28-,30+,36+/m0/s1. The van der Waals surface area contributed by atoms with E-state index >= 15 is 0 Å². The predicted octanol–water partition coefficient (Wildman–Crippen LogP) is 4.90. The number of anilines is 1. The zero-order valence-electron chi connectivity index (χ0n) is 28.1. The molecular weight excluding hydrogens is 705 g/mol. The molecule has 6 heterocycles. The van der Waals surface area contributed by atoms with Crippen molar-refractivity contribution in [3.63, 3.8) is 0 Å². The van der Waals surface area contributed by atoms with Gasteiger partial charge in [-0.15, -0.1) is 0 Å². The van der Waals surface area contributed by atoms with Gasteiger partial charge in [-0.1, -0.05) is 18.6 Å². The number of hydrogen-bond acceptors (Lipinski definition) is 9. The minimum Gasteiger partial charge on any atom is -0.322 e. The molecule has 4 aliphatic rings. The molecule has 0 bridgehead atoms. The molecule has 2 aliphatic heterocycles. The number of likely N-dealkylation sites (tertiary alicyclic amines) is 2. The van der Waals surface area contributed by atoms with Gasteiger partial charge in [-0.25, -0.2) is 19.3 Å². The molecule has 1 N–H and O–H groups in total. The summed E-state index contributed by atoms with van der Waals surface area (Å²) < 4.78 is 15.7. The fourth-order valence-corrected chi connectivity index (χ4v) is 8.82. The molecule has 1 saturated carbocycles. The Balaban J connectivity index is 1.11. The second-order valence-electron chi connectivity index (χ2n) is 14.3. The summed E-state index contributed by atoms with van der Waals surface area (Å²) in [6, 6.07) is 1.97. The number of hydrogen-bond donors (Lipinski definition) is 1. The zero-order valence-corrected chi connectivity index (χ0v) is 29.7. The lowest BCUT2D eigenvalue weighted by Crippen LogP contribution is -2.53. The number of Topliss-reactive ketones (excluding diaryl/α,β-unsaturated/α-hetero) is 1. The smallest absolute Gasteiger partial charge is 0.248 e. The summed E-state index contributed by atoms with van der Waals surface area (Å²) in [6.45, 7) is 7.56. The molecule has 8 rings (SSSR count). The second kappa shape index (κ2) is 12.4.